The van der Waals surface area contributed by atoms with Crippen molar-refractivity contribution in [2.24, 2.45) is 0 Å². The SMILES string of the molecule is Cc1cc(Nc2ncnc3cccc(O[C@@H](C)CN(C)C)c23)ccc1OCc1ccccn1. The van der Waals surface area contributed by atoms with E-state index in [1.54, 1.807) is 12.5 Å². The number of rotatable bonds is 9. The van der Waals surface area contributed by atoms with Gasteiger partial charge in [-0.25, -0.2) is 9.97 Å². The number of hydrogen-bond donors (Lipinski definition) is 1. The Hall–Kier alpha value is -3.71. The summed E-state index contributed by atoms with van der Waals surface area (Å²) in [4.78, 5) is 15.3. The van der Waals surface area contributed by atoms with Crippen molar-refractivity contribution in [3.8, 4) is 11.5 Å². The van der Waals surface area contributed by atoms with Gasteiger partial charge < -0.3 is 19.7 Å². The zero-order valence-corrected chi connectivity index (χ0v) is 19.4. The van der Waals surface area contributed by atoms with E-state index in [0.29, 0.717) is 12.4 Å². The Morgan fingerprint density at radius 1 is 0.970 bits per heavy atom. The Bertz CT molecular complexity index is 1210. The predicted octanol–water partition coefficient (Wildman–Crippen LogP) is 4.98. The summed E-state index contributed by atoms with van der Waals surface area (Å²) >= 11 is 0. The number of aromatic nitrogens is 3. The van der Waals surface area contributed by atoms with Crippen molar-refractivity contribution in [2.75, 3.05) is 26.0 Å². The fourth-order valence-electron chi connectivity index (χ4n) is 3.70. The molecule has 0 fully saturated rings. The normalized spacial score (nSPS) is 12.0. The number of ether oxygens (including phenoxy) is 2. The van der Waals surface area contributed by atoms with E-state index in [4.69, 9.17) is 9.47 Å². The molecule has 7 heteroatoms. The van der Waals surface area contributed by atoms with Crippen molar-refractivity contribution in [1.29, 1.82) is 0 Å². The van der Waals surface area contributed by atoms with E-state index in [2.05, 4.69) is 32.1 Å². The molecule has 0 saturated heterocycles. The summed E-state index contributed by atoms with van der Waals surface area (Å²) in [6, 6.07) is 17.7. The molecule has 4 rings (SSSR count). The molecule has 0 bridgehead atoms. The topological polar surface area (TPSA) is 72.4 Å². The number of nitrogens with zero attached hydrogens (tertiary/aromatic N) is 4. The van der Waals surface area contributed by atoms with Crippen molar-refractivity contribution in [3.05, 3.63) is 78.4 Å². The van der Waals surface area contributed by atoms with Gasteiger partial charge in [0.2, 0.25) is 0 Å². The first-order valence-electron chi connectivity index (χ1n) is 10.9. The minimum absolute atomic E-state index is 0.0245. The maximum atomic E-state index is 6.25. The third-order valence-corrected chi connectivity index (χ3v) is 5.11. The van der Waals surface area contributed by atoms with Crippen LogP contribution in [-0.4, -0.2) is 46.6 Å². The molecule has 0 aliphatic carbocycles. The van der Waals surface area contributed by atoms with Crippen LogP contribution in [0.1, 0.15) is 18.2 Å². The monoisotopic (exact) mass is 443 g/mol. The maximum absolute atomic E-state index is 6.25. The largest absolute Gasteiger partial charge is 0.489 e. The molecular weight excluding hydrogens is 414 g/mol. The number of likely N-dealkylation sites (N-methyl/N-ethyl adjacent to an activating group) is 1. The molecule has 0 amide bonds. The minimum atomic E-state index is 0.0245. The summed E-state index contributed by atoms with van der Waals surface area (Å²) in [6.45, 7) is 5.32. The minimum Gasteiger partial charge on any atom is -0.489 e. The van der Waals surface area contributed by atoms with Gasteiger partial charge in [-0.3, -0.25) is 4.98 Å². The van der Waals surface area contributed by atoms with Crippen LogP contribution in [0.2, 0.25) is 0 Å². The maximum Gasteiger partial charge on any atom is 0.145 e. The number of aryl methyl sites for hydroxylation is 1. The highest BCUT2D eigenvalue weighted by Gasteiger charge is 2.14. The van der Waals surface area contributed by atoms with Gasteiger partial charge in [0.15, 0.2) is 0 Å². The molecule has 0 aliphatic rings. The van der Waals surface area contributed by atoms with Crippen LogP contribution in [0.15, 0.2) is 67.1 Å². The lowest BCUT2D eigenvalue weighted by Gasteiger charge is -2.20. The van der Waals surface area contributed by atoms with Crippen LogP contribution < -0.4 is 14.8 Å². The summed E-state index contributed by atoms with van der Waals surface area (Å²) in [5.74, 6) is 2.28. The third kappa shape index (κ3) is 5.75. The zero-order valence-electron chi connectivity index (χ0n) is 19.4. The molecule has 0 unspecified atom stereocenters. The van der Waals surface area contributed by atoms with Crippen LogP contribution in [0.3, 0.4) is 0 Å². The molecule has 2 aromatic heterocycles. The van der Waals surface area contributed by atoms with E-state index in [9.17, 15) is 0 Å². The first-order valence-corrected chi connectivity index (χ1v) is 10.9. The fourth-order valence-corrected chi connectivity index (χ4v) is 3.70. The lowest BCUT2D eigenvalue weighted by Crippen LogP contribution is -2.28. The molecule has 1 N–H and O–H groups in total. The summed E-state index contributed by atoms with van der Waals surface area (Å²) in [7, 11) is 4.07. The van der Waals surface area contributed by atoms with Crippen molar-refractivity contribution >= 4 is 22.4 Å². The van der Waals surface area contributed by atoms with Gasteiger partial charge in [-0.1, -0.05) is 12.1 Å². The molecule has 1 atom stereocenters. The van der Waals surface area contributed by atoms with Crippen LogP contribution >= 0.6 is 0 Å². The Morgan fingerprint density at radius 3 is 2.61 bits per heavy atom. The second-order valence-corrected chi connectivity index (χ2v) is 8.28. The van der Waals surface area contributed by atoms with Gasteiger partial charge in [0.1, 0.15) is 36.4 Å². The molecule has 4 aromatic rings. The molecule has 0 radical (unpaired) electrons. The molecule has 2 heterocycles. The van der Waals surface area contributed by atoms with Gasteiger partial charge in [0.05, 0.1) is 16.6 Å². The molecule has 0 spiro atoms. The van der Waals surface area contributed by atoms with Gasteiger partial charge in [0.25, 0.3) is 0 Å². The number of pyridine rings is 1. The van der Waals surface area contributed by atoms with Crippen LogP contribution in [0.5, 0.6) is 11.5 Å². The third-order valence-electron chi connectivity index (χ3n) is 5.11. The van der Waals surface area contributed by atoms with Crippen LogP contribution in [-0.2, 0) is 6.61 Å². The summed E-state index contributed by atoms with van der Waals surface area (Å²) < 4.78 is 12.2. The number of nitrogens with one attached hydrogen (secondary N) is 1. The molecule has 0 saturated carbocycles. The smallest absolute Gasteiger partial charge is 0.145 e. The van der Waals surface area contributed by atoms with E-state index in [1.165, 1.54) is 0 Å². The Labute approximate surface area is 194 Å². The fraction of sp³-hybridized carbons (Fsp3) is 0.269. The van der Waals surface area contributed by atoms with Crippen LogP contribution in [0.25, 0.3) is 10.9 Å². The van der Waals surface area contributed by atoms with E-state index >= 15 is 0 Å². The van der Waals surface area contributed by atoms with Crippen molar-refractivity contribution in [1.82, 2.24) is 19.9 Å². The zero-order chi connectivity index (χ0) is 23.2. The predicted molar refractivity (Wildman–Crippen MR) is 131 cm³/mol. The highest BCUT2D eigenvalue weighted by molar-refractivity contribution is 5.95. The van der Waals surface area contributed by atoms with Gasteiger partial charge in [-0.2, -0.15) is 0 Å². The second-order valence-electron chi connectivity index (χ2n) is 8.28. The highest BCUT2D eigenvalue weighted by Crippen LogP contribution is 2.33. The van der Waals surface area contributed by atoms with E-state index < -0.39 is 0 Å². The molecule has 0 aliphatic heterocycles. The average Bonchev–Trinajstić information content (AvgIpc) is 2.79. The number of benzene rings is 2. The molecule has 2 aromatic carbocycles. The summed E-state index contributed by atoms with van der Waals surface area (Å²) in [6.07, 6.45) is 3.36. The van der Waals surface area contributed by atoms with E-state index in [1.807, 2.05) is 75.6 Å². The van der Waals surface area contributed by atoms with Crippen molar-refractivity contribution in [3.63, 3.8) is 0 Å². The van der Waals surface area contributed by atoms with Crippen molar-refractivity contribution < 1.29 is 9.47 Å². The lowest BCUT2D eigenvalue weighted by molar-refractivity contribution is 0.179. The average molecular weight is 444 g/mol. The lowest BCUT2D eigenvalue weighted by atomic mass is 10.1. The number of anilines is 2. The Kier molecular flexibility index (Phi) is 7.00. The molecule has 7 nitrogen and oxygen atoms in total. The van der Waals surface area contributed by atoms with E-state index in [0.717, 1.165) is 45.9 Å². The number of hydrogen-bond acceptors (Lipinski definition) is 7. The molecule has 170 valence electrons. The van der Waals surface area contributed by atoms with Gasteiger partial charge in [0, 0.05) is 18.4 Å². The standard InChI is InChI=1S/C26H29N5O2/c1-18-14-20(11-12-23(18)32-16-21-8-5-6-13-27-21)30-26-25-22(28-17-29-26)9-7-10-24(25)33-19(2)15-31(3)4/h5-14,17,19H,15-16H2,1-4H3,(H,28,29,30)/t19-/m0/s1. The number of fused-ring (bicyclic) bond motifs is 1. The Morgan fingerprint density at radius 2 is 1.85 bits per heavy atom. The Balaban J connectivity index is 1.55. The van der Waals surface area contributed by atoms with Crippen LogP contribution in [0.4, 0.5) is 11.5 Å². The summed E-state index contributed by atoms with van der Waals surface area (Å²) in [5, 5.41) is 4.29. The molecule has 33 heavy (non-hydrogen) atoms. The van der Waals surface area contributed by atoms with Gasteiger partial charge in [-0.15, -0.1) is 0 Å². The quantitative estimate of drug-likeness (QED) is 0.391. The van der Waals surface area contributed by atoms with Gasteiger partial charge in [-0.05, 0) is 76.0 Å². The second kappa shape index (κ2) is 10.3. The van der Waals surface area contributed by atoms with Crippen LogP contribution in [0, 0.1) is 6.92 Å². The first-order chi connectivity index (χ1) is 16.0. The van der Waals surface area contributed by atoms with Crippen molar-refractivity contribution in [2.45, 2.75) is 26.6 Å². The molecular formula is C26H29N5O2. The van der Waals surface area contributed by atoms with E-state index in [-0.39, 0.29) is 6.10 Å². The highest BCUT2D eigenvalue weighted by atomic mass is 16.5. The first kappa shape index (κ1) is 22.5. The summed E-state index contributed by atoms with van der Waals surface area (Å²) in [5.41, 5.74) is 3.65. The van der Waals surface area contributed by atoms with Gasteiger partial charge >= 0.3 is 0 Å².